The van der Waals surface area contributed by atoms with Crippen LogP contribution in [0, 0.1) is 6.92 Å². The van der Waals surface area contributed by atoms with Crippen molar-refractivity contribution >= 4 is 44.2 Å². The van der Waals surface area contributed by atoms with Crippen LogP contribution in [0.5, 0.6) is 0 Å². The third-order valence-electron chi connectivity index (χ3n) is 3.17. The van der Waals surface area contributed by atoms with E-state index in [0.717, 1.165) is 22.3 Å². The molecule has 0 saturated carbocycles. The van der Waals surface area contributed by atoms with Crippen molar-refractivity contribution in [2.24, 2.45) is 0 Å². The number of carbonyl (C=O) groups excluding carboxylic acids is 1. The van der Waals surface area contributed by atoms with Gasteiger partial charge < -0.3 is 0 Å². The molecule has 1 N–H and O–H groups in total. The average molecular weight is 321 g/mol. The minimum Gasteiger partial charge on any atom is -0.296 e. The van der Waals surface area contributed by atoms with Gasteiger partial charge in [0.15, 0.2) is 10.8 Å². The topological polar surface area (TPSA) is 59.8 Å². The molecule has 0 atom stereocenters. The lowest BCUT2D eigenvalue weighted by Crippen LogP contribution is -2.13. The fraction of sp³-hybridized carbons (Fsp3) is 0.214. The van der Waals surface area contributed by atoms with Crippen LogP contribution in [0.15, 0.2) is 24.4 Å². The highest BCUT2D eigenvalue weighted by Crippen LogP contribution is 2.31. The van der Waals surface area contributed by atoms with Crippen molar-refractivity contribution in [3.63, 3.8) is 0 Å². The van der Waals surface area contributed by atoms with Gasteiger partial charge >= 0.3 is 0 Å². The second kappa shape index (κ2) is 5.46. The van der Waals surface area contributed by atoms with Crippen molar-refractivity contribution in [3.05, 3.63) is 40.7 Å². The first-order valence-electron chi connectivity index (χ1n) is 6.49. The molecule has 1 aromatic carbocycles. The van der Waals surface area contributed by atoms with Crippen molar-refractivity contribution in [2.75, 3.05) is 5.32 Å². The van der Waals surface area contributed by atoms with Gasteiger partial charge in [0.05, 0.1) is 10.2 Å². The summed E-state index contributed by atoms with van der Waals surface area (Å²) in [5.41, 5.74) is 2.12. The van der Waals surface area contributed by atoms with E-state index < -0.39 is 0 Å². The Bertz CT molecular complexity index is 824. The zero-order valence-corrected chi connectivity index (χ0v) is 13.1. The zero-order valence-electron chi connectivity index (χ0n) is 11.6. The molecule has 0 unspecified atom stereocenters. The summed E-state index contributed by atoms with van der Waals surface area (Å²) < 4.78 is 2.70. The normalized spacial score (nSPS) is 11.0. The highest BCUT2D eigenvalue weighted by molar-refractivity contribution is 7.22. The summed E-state index contributed by atoms with van der Waals surface area (Å²) in [4.78, 5) is 16.6. The molecule has 0 radical (unpaired) electrons. The maximum Gasteiger partial charge on any atom is 0.277 e. The highest BCUT2D eigenvalue weighted by Gasteiger charge is 2.14. The Kier molecular flexibility index (Phi) is 3.65. The van der Waals surface area contributed by atoms with Crippen molar-refractivity contribution in [1.29, 1.82) is 0 Å². The molecule has 0 aliphatic heterocycles. The first-order valence-corrected chi connectivity index (χ1v) is 7.68. The quantitative estimate of drug-likeness (QED) is 0.800. The van der Waals surface area contributed by atoms with Crippen LogP contribution in [0.3, 0.4) is 0 Å². The van der Waals surface area contributed by atoms with E-state index in [2.05, 4.69) is 15.4 Å². The fourth-order valence-corrected chi connectivity index (χ4v) is 3.05. The minimum absolute atomic E-state index is 0.259. The lowest BCUT2D eigenvalue weighted by molar-refractivity contribution is 0.102. The second-order valence-electron chi connectivity index (χ2n) is 4.55. The molecular formula is C14H13ClN4OS. The monoisotopic (exact) mass is 320 g/mol. The zero-order chi connectivity index (χ0) is 15.0. The van der Waals surface area contributed by atoms with Gasteiger partial charge in [0, 0.05) is 17.8 Å². The Morgan fingerprint density at radius 3 is 2.95 bits per heavy atom. The van der Waals surface area contributed by atoms with E-state index in [4.69, 9.17) is 11.6 Å². The maximum absolute atomic E-state index is 12.1. The van der Waals surface area contributed by atoms with Crippen LogP contribution in [0.1, 0.15) is 23.0 Å². The van der Waals surface area contributed by atoms with Crippen LogP contribution < -0.4 is 5.32 Å². The van der Waals surface area contributed by atoms with E-state index in [1.807, 2.05) is 26.0 Å². The molecule has 7 heteroatoms. The van der Waals surface area contributed by atoms with Gasteiger partial charge in [-0.2, -0.15) is 5.10 Å². The Hall–Kier alpha value is -1.92. The smallest absolute Gasteiger partial charge is 0.277 e. The van der Waals surface area contributed by atoms with Crippen LogP contribution in [0.2, 0.25) is 5.02 Å². The van der Waals surface area contributed by atoms with Gasteiger partial charge in [-0.15, -0.1) is 0 Å². The number of hydrogen-bond donors (Lipinski definition) is 1. The van der Waals surface area contributed by atoms with Gasteiger partial charge in [0.1, 0.15) is 0 Å². The van der Waals surface area contributed by atoms with E-state index in [0.29, 0.717) is 15.8 Å². The van der Waals surface area contributed by atoms with Gasteiger partial charge in [-0.1, -0.05) is 22.9 Å². The molecule has 0 aliphatic rings. The van der Waals surface area contributed by atoms with E-state index >= 15 is 0 Å². The fourth-order valence-electron chi connectivity index (χ4n) is 1.97. The number of halogens is 1. The van der Waals surface area contributed by atoms with Gasteiger partial charge in [-0.05, 0) is 37.6 Å². The van der Waals surface area contributed by atoms with Gasteiger partial charge in [-0.3, -0.25) is 14.8 Å². The molecule has 1 amide bonds. The molecule has 3 rings (SSSR count). The van der Waals surface area contributed by atoms with Gasteiger partial charge in [0.2, 0.25) is 0 Å². The van der Waals surface area contributed by atoms with Crippen LogP contribution >= 0.6 is 22.9 Å². The van der Waals surface area contributed by atoms with Crippen LogP contribution in [0.4, 0.5) is 5.13 Å². The number of hydrogen-bond acceptors (Lipinski definition) is 4. The Morgan fingerprint density at radius 2 is 2.24 bits per heavy atom. The average Bonchev–Trinajstić information content (AvgIpc) is 3.09. The number of aromatic nitrogens is 3. The summed E-state index contributed by atoms with van der Waals surface area (Å²) >= 11 is 7.50. The van der Waals surface area contributed by atoms with E-state index in [1.54, 1.807) is 16.9 Å². The Labute approximate surface area is 130 Å². The SMILES string of the molecule is CCn1ccc(C(=O)Nc2nc3c(C)c(Cl)ccc3s2)n1. The molecular weight excluding hydrogens is 308 g/mol. The third-order valence-corrected chi connectivity index (χ3v) is 4.51. The summed E-state index contributed by atoms with van der Waals surface area (Å²) in [5, 5.41) is 8.17. The number of nitrogens with one attached hydrogen (secondary N) is 1. The molecule has 3 aromatic rings. The number of amides is 1. The summed E-state index contributed by atoms with van der Waals surface area (Å²) in [6.45, 7) is 4.61. The van der Waals surface area contributed by atoms with E-state index in [-0.39, 0.29) is 5.91 Å². The third kappa shape index (κ3) is 2.64. The van der Waals surface area contributed by atoms with E-state index in [1.165, 1.54) is 11.3 Å². The van der Waals surface area contributed by atoms with Crippen LogP contribution in [0.25, 0.3) is 10.2 Å². The minimum atomic E-state index is -0.259. The summed E-state index contributed by atoms with van der Waals surface area (Å²) in [7, 11) is 0. The second-order valence-corrected chi connectivity index (χ2v) is 5.99. The summed E-state index contributed by atoms with van der Waals surface area (Å²) in [6.07, 6.45) is 1.77. The molecule has 0 fully saturated rings. The molecule has 2 aromatic heterocycles. The standard InChI is InChI=1S/C14H13ClN4OS/c1-3-19-7-6-10(18-19)13(20)17-14-16-12-8(2)9(15)4-5-11(12)21-14/h4-7H,3H2,1-2H3,(H,16,17,20). The molecule has 0 aliphatic carbocycles. The number of thiazole rings is 1. The van der Waals surface area contributed by atoms with Crippen molar-refractivity contribution in [3.8, 4) is 0 Å². The van der Waals surface area contributed by atoms with E-state index in [9.17, 15) is 4.79 Å². The lowest BCUT2D eigenvalue weighted by atomic mass is 10.2. The first-order chi connectivity index (χ1) is 10.1. The predicted molar refractivity (Wildman–Crippen MR) is 85.2 cm³/mol. The molecule has 21 heavy (non-hydrogen) atoms. The number of aryl methyl sites for hydroxylation is 2. The molecule has 0 bridgehead atoms. The Morgan fingerprint density at radius 1 is 1.43 bits per heavy atom. The number of benzene rings is 1. The van der Waals surface area contributed by atoms with Crippen molar-refractivity contribution in [1.82, 2.24) is 14.8 Å². The number of nitrogens with zero attached hydrogens (tertiary/aromatic N) is 3. The highest BCUT2D eigenvalue weighted by atomic mass is 35.5. The molecule has 2 heterocycles. The van der Waals surface area contributed by atoms with Crippen molar-refractivity contribution in [2.45, 2.75) is 20.4 Å². The molecule has 0 saturated heterocycles. The number of fused-ring (bicyclic) bond motifs is 1. The predicted octanol–water partition coefficient (Wildman–Crippen LogP) is 3.73. The molecule has 5 nitrogen and oxygen atoms in total. The first kappa shape index (κ1) is 14.0. The summed E-state index contributed by atoms with van der Waals surface area (Å²) in [6, 6.07) is 5.43. The van der Waals surface area contributed by atoms with Crippen LogP contribution in [-0.2, 0) is 6.54 Å². The Balaban J connectivity index is 1.87. The number of carbonyl (C=O) groups is 1. The number of anilines is 1. The van der Waals surface area contributed by atoms with Crippen molar-refractivity contribution < 1.29 is 4.79 Å². The largest absolute Gasteiger partial charge is 0.296 e. The van der Waals surface area contributed by atoms with Crippen LogP contribution in [-0.4, -0.2) is 20.7 Å². The number of rotatable bonds is 3. The van der Waals surface area contributed by atoms with Gasteiger partial charge in [-0.25, -0.2) is 4.98 Å². The molecule has 108 valence electrons. The maximum atomic E-state index is 12.1. The lowest BCUT2D eigenvalue weighted by Gasteiger charge is -1.98. The van der Waals surface area contributed by atoms with Gasteiger partial charge in [0.25, 0.3) is 5.91 Å². The summed E-state index contributed by atoms with van der Waals surface area (Å²) in [5.74, 6) is -0.259. The molecule has 0 spiro atoms.